The van der Waals surface area contributed by atoms with Crippen molar-refractivity contribution in [3.63, 3.8) is 0 Å². The molecule has 0 aromatic rings. The van der Waals surface area contributed by atoms with Gasteiger partial charge in [-0.2, -0.15) is 0 Å². The number of amides is 1. The number of hydrogen-bond donors (Lipinski definition) is 0. The number of carbonyl (C=O) groups is 1. The number of nitrogens with zero attached hydrogens (tertiary/aromatic N) is 2. The van der Waals surface area contributed by atoms with Gasteiger partial charge in [-0.1, -0.05) is 13.8 Å². The summed E-state index contributed by atoms with van der Waals surface area (Å²) in [5.41, 5.74) is 0. The molecule has 1 aliphatic heterocycles. The molecule has 3 nitrogen and oxygen atoms in total. The summed E-state index contributed by atoms with van der Waals surface area (Å²) >= 11 is 0. The fourth-order valence-corrected chi connectivity index (χ4v) is 2.04. The van der Waals surface area contributed by atoms with Gasteiger partial charge in [0.15, 0.2) is 0 Å². The molecule has 0 aliphatic carbocycles. The van der Waals surface area contributed by atoms with E-state index in [0.29, 0.717) is 18.4 Å². The largest absolute Gasteiger partial charge is 0.343 e. The van der Waals surface area contributed by atoms with E-state index in [-0.39, 0.29) is 0 Å². The van der Waals surface area contributed by atoms with E-state index in [0.717, 1.165) is 32.5 Å². The van der Waals surface area contributed by atoms with Crippen molar-refractivity contribution in [1.29, 1.82) is 0 Å². The average Bonchev–Trinajstić information content (AvgIpc) is 2.27. The van der Waals surface area contributed by atoms with Crippen LogP contribution in [0.15, 0.2) is 0 Å². The summed E-state index contributed by atoms with van der Waals surface area (Å²) < 4.78 is 0. The Morgan fingerprint density at radius 3 is 2.36 bits per heavy atom. The van der Waals surface area contributed by atoms with Crippen LogP contribution in [0.25, 0.3) is 0 Å². The summed E-state index contributed by atoms with van der Waals surface area (Å²) in [4.78, 5) is 15.8. The fourth-order valence-electron chi connectivity index (χ4n) is 2.04. The summed E-state index contributed by atoms with van der Waals surface area (Å²) in [6, 6.07) is 0.681. The molecule has 0 spiro atoms. The van der Waals surface area contributed by atoms with Crippen LogP contribution in [-0.4, -0.2) is 48.4 Å². The number of hydrogen-bond acceptors (Lipinski definition) is 2. The molecule has 1 rings (SSSR count). The summed E-state index contributed by atoms with van der Waals surface area (Å²) in [7, 11) is 2.17. The van der Waals surface area contributed by atoms with Crippen molar-refractivity contribution in [2.75, 3.05) is 26.7 Å². The molecule has 1 saturated heterocycles. The third-order valence-electron chi connectivity index (χ3n) is 3.24. The van der Waals surface area contributed by atoms with E-state index in [2.05, 4.69) is 18.9 Å². The molecule has 0 aromatic carbocycles. The molecule has 0 aromatic heterocycles. The van der Waals surface area contributed by atoms with Crippen molar-refractivity contribution in [2.24, 2.45) is 0 Å². The first-order valence-electron chi connectivity index (χ1n) is 5.67. The monoisotopic (exact) mass is 198 g/mol. The smallest absolute Gasteiger partial charge is 0.222 e. The molecule has 0 bridgehead atoms. The van der Waals surface area contributed by atoms with Crippen LogP contribution < -0.4 is 0 Å². The molecule has 0 unspecified atom stereocenters. The maximum Gasteiger partial charge on any atom is 0.222 e. The van der Waals surface area contributed by atoms with Crippen LogP contribution in [0.3, 0.4) is 0 Å². The molecule has 0 saturated carbocycles. The van der Waals surface area contributed by atoms with E-state index in [1.165, 1.54) is 0 Å². The Kier molecular flexibility index (Phi) is 4.39. The SMILES string of the molecule is CCC(=O)N1CCC(N(C)CC)CC1. The molecule has 82 valence electrons. The Hall–Kier alpha value is -0.570. The lowest BCUT2D eigenvalue weighted by atomic mass is 10.0. The summed E-state index contributed by atoms with van der Waals surface area (Å²) in [5, 5.41) is 0. The molecule has 0 atom stereocenters. The molecule has 3 heteroatoms. The van der Waals surface area contributed by atoms with Gasteiger partial charge in [0, 0.05) is 25.6 Å². The standard InChI is InChI=1S/C11H22N2O/c1-4-11(14)13-8-6-10(7-9-13)12(3)5-2/h10H,4-9H2,1-3H3. The Labute approximate surface area is 87.1 Å². The second-order valence-corrected chi connectivity index (χ2v) is 4.04. The normalized spacial score (nSPS) is 19.0. The summed E-state index contributed by atoms with van der Waals surface area (Å²) in [5.74, 6) is 0.308. The lowest BCUT2D eigenvalue weighted by Gasteiger charge is -2.36. The third-order valence-corrected chi connectivity index (χ3v) is 3.24. The van der Waals surface area contributed by atoms with Gasteiger partial charge in [0.25, 0.3) is 0 Å². The minimum atomic E-state index is 0.308. The Morgan fingerprint density at radius 1 is 1.36 bits per heavy atom. The van der Waals surface area contributed by atoms with Crippen LogP contribution >= 0.6 is 0 Å². The van der Waals surface area contributed by atoms with Crippen LogP contribution in [0.5, 0.6) is 0 Å². The van der Waals surface area contributed by atoms with Gasteiger partial charge in [-0.3, -0.25) is 4.79 Å². The average molecular weight is 198 g/mol. The van der Waals surface area contributed by atoms with Crippen molar-refractivity contribution < 1.29 is 4.79 Å². The maximum absolute atomic E-state index is 11.4. The highest BCUT2D eigenvalue weighted by atomic mass is 16.2. The highest BCUT2D eigenvalue weighted by molar-refractivity contribution is 5.75. The van der Waals surface area contributed by atoms with Crippen LogP contribution in [-0.2, 0) is 4.79 Å². The maximum atomic E-state index is 11.4. The first-order valence-corrected chi connectivity index (χ1v) is 5.67. The summed E-state index contributed by atoms with van der Waals surface area (Å²) in [6.45, 7) is 7.12. The van der Waals surface area contributed by atoms with E-state index >= 15 is 0 Å². The molecule has 0 radical (unpaired) electrons. The van der Waals surface area contributed by atoms with Crippen molar-refractivity contribution in [3.8, 4) is 0 Å². The molecule has 1 aliphatic rings. The molecular weight excluding hydrogens is 176 g/mol. The molecule has 1 amide bonds. The second-order valence-electron chi connectivity index (χ2n) is 4.04. The van der Waals surface area contributed by atoms with E-state index in [1.54, 1.807) is 0 Å². The van der Waals surface area contributed by atoms with Gasteiger partial charge in [0.1, 0.15) is 0 Å². The van der Waals surface area contributed by atoms with Crippen molar-refractivity contribution in [2.45, 2.75) is 39.2 Å². The van der Waals surface area contributed by atoms with Gasteiger partial charge in [-0.05, 0) is 26.4 Å². The zero-order chi connectivity index (χ0) is 10.6. The lowest BCUT2D eigenvalue weighted by Crippen LogP contribution is -2.45. The topological polar surface area (TPSA) is 23.6 Å². The molecule has 1 heterocycles. The van der Waals surface area contributed by atoms with Crippen molar-refractivity contribution in [3.05, 3.63) is 0 Å². The first-order chi connectivity index (χ1) is 6.69. The Bertz CT molecular complexity index is 186. The van der Waals surface area contributed by atoms with E-state index < -0.39 is 0 Å². The highest BCUT2D eigenvalue weighted by Crippen LogP contribution is 2.15. The van der Waals surface area contributed by atoms with Crippen LogP contribution in [0, 0.1) is 0 Å². The zero-order valence-corrected chi connectivity index (χ0v) is 9.62. The van der Waals surface area contributed by atoms with Crippen molar-refractivity contribution >= 4 is 5.91 Å². The van der Waals surface area contributed by atoms with Crippen LogP contribution in [0.2, 0.25) is 0 Å². The van der Waals surface area contributed by atoms with Gasteiger partial charge in [-0.15, -0.1) is 0 Å². The third kappa shape index (κ3) is 2.71. The molecular formula is C11H22N2O. The Balaban J connectivity index is 2.34. The fraction of sp³-hybridized carbons (Fsp3) is 0.909. The van der Waals surface area contributed by atoms with Gasteiger partial charge >= 0.3 is 0 Å². The summed E-state index contributed by atoms with van der Waals surface area (Å²) in [6.07, 6.45) is 2.92. The molecule has 14 heavy (non-hydrogen) atoms. The zero-order valence-electron chi connectivity index (χ0n) is 9.62. The second kappa shape index (κ2) is 5.35. The lowest BCUT2D eigenvalue weighted by molar-refractivity contribution is -0.132. The van der Waals surface area contributed by atoms with Gasteiger partial charge < -0.3 is 9.80 Å². The van der Waals surface area contributed by atoms with Crippen molar-refractivity contribution in [1.82, 2.24) is 9.80 Å². The highest BCUT2D eigenvalue weighted by Gasteiger charge is 2.23. The first kappa shape index (κ1) is 11.5. The van der Waals surface area contributed by atoms with Crippen LogP contribution in [0.4, 0.5) is 0 Å². The van der Waals surface area contributed by atoms with Gasteiger partial charge in [-0.25, -0.2) is 0 Å². The predicted molar refractivity (Wildman–Crippen MR) is 58.2 cm³/mol. The number of likely N-dealkylation sites (tertiary alicyclic amines) is 1. The van der Waals surface area contributed by atoms with Gasteiger partial charge in [0.2, 0.25) is 5.91 Å². The van der Waals surface area contributed by atoms with E-state index in [4.69, 9.17) is 0 Å². The number of carbonyl (C=O) groups excluding carboxylic acids is 1. The predicted octanol–water partition coefficient (Wildman–Crippen LogP) is 1.34. The van der Waals surface area contributed by atoms with E-state index in [1.807, 2.05) is 11.8 Å². The minimum Gasteiger partial charge on any atom is -0.343 e. The molecule has 1 fully saturated rings. The van der Waals surface area contributed by atoms with E-state index in [9.17, 15) is 4.79 Å². The van der Waals surface area contributed by atoms with Crippen LogP contribution in [0.1, 0.15) is 33.1 Å². The molecule has 0 N–H and O–H groups in total. The minimum absolute atomic E-state index is 0.308. The number of piperidine rings is 1. The Morgan fingerprint density at radius 2 is 1.93 bits per heavy atom. The number of rotatable bonds is 3. The van der Waals surface area contributed by atoms with Gasteiger partial charge in [0.05, 0.1) is 0 Å². The quantitative estimate of drug-likeness (QED) is 0.683.